The van der Waals surface area contributed by atoms with E-state index in [1.54, 1.807) is 18.3 Å². The van der Waals surface area contributed by atoms with E-state index in [4.69, 9.17) is 20.8 Å². The Morgan fingerprint density at radius 2 is 1.89 bits per heavy atom. The number of carbonyl (C=O) groups excluding carboxylic acids is 1. The average Bonchev–Trinajstić information content (AvgIpc) is 3.17. The Morgan fingerprint density at radius 1 is 1.19 bits per heavy atom. The maximum absolute atomic E-state index is 11.8. The molecule has 0 aliphatic rings. The molecular weight excluding hydrogens is 593 g/mol. The molecule has 0 saturated carbocycles. The van der Waals surface area contributed by atoms with Crippen molar-refractivity contribution in [3.05, 3.63) is 83.8 Å². The van der Waals surface area contributed by atoms with Gasteiger partial charge in [0.1, 0.15) is 12.4 Å². The van der Waals surface area contributed by atoms with Crippen LogP contribution in [-0.4, -0.2) is 12.1 Å². The number of nitrogens with zero attached hydrogens (tertiary/aromatic N) is 1. The number of ether oxygens (including phenoxy) is 1. The summed E-state index contributed by atoms with van der Waals surface area (Å²) in [7, 11) is 0. The second-order valence-corrected chi connectivity index (χ2v) is 8.17. The number of halogens is 3. The molecule has 0 atom stereocenters. The zero-order chi connectivity index (χ0) is 19.2. The molecule has 27 heavy (non-hydrogen) atoms. The van der Waals surface area contributed by atoms with Gasteiger partial charge in [-0.3, -0.25) is 4.79 Å². The monoisotopic (exact) mass is 606 g/mol. The van der Waals surface area contributed by atoms with E-state index < -0.39 is 5.91 Å². The predicted octanol–water partition coefficient (Wildman–Crippen LogP) is 5.49. The molecule has 0 spiro atoms. The van der Waals surface area contributed by atoms with Crippen molar-refractivity contribution in [2.24, 2.45) is 5.10 Å². The van der Waals surface area contributed by atoms with E-state index in [1.165, 1.54) is 6.26 Å². The van der Waals surface area contributed by atoms with Crippen LogP contribution in [0, 0.1) is 7.14 Å². The lowest BCUT2D eigenvalue weighted by molar-refractivity contribution is 0.0927. The van der Waals surface area contributed by atoms with Crippen LogP contribution in [-0.2, 0) is 6.61 Å². The van der Waals surface area contributed by atoms with Crippen molar-refractivity contribution in [3.63, 3.8) is 0 Å². The Kier molecular flexibility index (Phi) is 7.13. The molecule has 0 aliphatic carbocycles. The molecule has 1 heterocycles. The first-order chi connectivity index (χ1) is 13.0. The van der Waals surface area contributed by atoms with E-state index in [-0.39, 0.29) is 5.76 Å². The molecule has 0 saturated heterocycles. The number of carbonyl (C=O) groups is 1. The first-order valence-electron chi connectivity index (χ1n) is 7.76. The molecule has 2 aromatic carbocycles. The number of hydrogen-bond acceptors (Lipinski definition) is 4. The van der Waals surface area contributed by atoms with Crippen LogP contribution in [0.3, 0.4) is 0 Å². The van der Waals surface area contributed by atoms with Gasteiger partial charge in [0, 0.05) is 5.02 Å². The molecule has 5 nitrogen and oxygen atoms in total. The largest absolute Gasteiger partial charge is 0.487 e. The van der Waals surface area contributed by atoms with E-state index in [2.05, 4.69) is 55.7 Å². The SMILES string of the molecule is O=C(N/N=C/c1cc(I)c(OCc2ccc(Cl)cc2)c(I)c1)c1ccco1. The summed E-state index contributed by atoms with van der Waals surface area (Å²) in [5, 5.41) is 4.67. The van der Waals surface area contributed by atoms with Gasteiger partial charge in [0.15, 0.2) is 5.76 Å². The molecule has 0 unspecified atom stereocenters. The number of furan rings is 1. The van der Waals surface area contributed by atoms with Crippen LogP contribution in [0.5, 0.6) is 5.75 Å². The van der Waals surface area contributed by atoms with Gasteiger partial charge in [-0.1, -0.05) is 23.7 Å². The molecule has 0 bridgehead atoms. The third kappa shape index (κ3) is 5.69. The molecule has 0 aliphatic heterocycles. The number of benzene rings is 2. The zero-order valence-electron chi connectivity index (χ0n) is 13.8. The molecule has 0 radical (unpaired) electrons. The maximum atomic E-state index is 11.8. The summed E-state index contributed by atoms with van der Waals surface area (Å²) >= 11 is 10.3. The van der Waals surface area contributed by atoms with E-state index in [0.29, 0.717) is 11.6 Å². The summed E-state index contributed by atoms with van der Waals surface area (Å²) in [5.74, 6) is 0.619. The second-order valence-electron chi connectivity index (χ2n) is 5.41. The molecule has 1 aromatic heterocycles. The van der Waals surface area contributed by atoms with Gasteiger partial charge in [0.2, 0.25) is 0 Å². The first kappa shape index (κ1) is 20.2. The van der Waals surface area contributed by atoms with Gasteiger partial charge in [-0.2, -0.15) is 5.10 Å². The Hall–Kier alpha value is -1.59. The zero-order valence-corrected chi connectivity index (χ0v) is 18.9. The Labute approximate surface area is 188 Å². The van der Waals surface area contributed by atoms with E-state index in [0.717, 1.165) is 24.0 Å². The number of amides is 1. The lowest BCUT2D eigenvalue weighted by atomic mass is 10.2. The van der Waals surface area contributed by atoms with Gasteiger partial charge in [-0.15, -0.1) is 0 Å². The van der Waals surface area contributed by atoms with Crippen molar-refractivity contribution in [1.29, 1.82) is 0 Å². The van der Waals surface area contributed by atoms with Gasteiger partial charge in [-0.05, 0) is 92.7 Å². The first-order valence-corrected chi connectivity index (χ1v) is 10.3. The van der Waals surface area contributed by atoms with Gasteiger partial charge < -0.3 is 9.15 Å². The topological polar surface area (TPSA) is 63.8 Å². The molecule has 0 fully saturated rings. The lowest BCUT2D eigenvalue weighted by Gasteiger charge is -2.11. The van der Waals surface area contributed by atoms with Crippen LogP contribution >= 0.6 is 56.8 Å². The van der Waals surface area contributed by atoms with Crippen molar-refractivity contribution >= 4 is 68.9 Å². The van der Waals surface area contributed by atoms with Crippen LogP contribution < -0.4 is 10.2 Å². The third-order valence-corrected chi connectivity index (χ3v) is 5.30. The van der Waals surface area contributed by atoms with Crippen molar-refractivity contribution in [3.8, 4) is 5.75 Å². The van der Waals surface area contributed by atoms with Crippen LogP contribution in [0.2, 0.25) is 5.02 Å². The minimum Gasteiger partial charge on any atom is -0.487 e. The third-order valence-electron chi connectivity index (χ3n) is 3.44. The highest BCUT2D eigenvalue weighted by Gasteiger charge is 2.10. The van der Waals surface area contributed by atoms with Crippen molar-refractivity contribution in [1.82, 2.24) is 5.43 Å². The van der Waals surface area contributed by atoms with Crippen molar-refractivity contribution < 1.29 is 13.9 Å². The lowest BCUT2D eigenvalue weighted by Crippen LogP contribution is -2.16. The molecule has 138 valence electrons. The minimum atomic E-state index is -0.399. The van der Waals surface area contributed by atoms with E-state index in [9.17, 15) is 4.79 Å². The molecule has 3 aromatic rings. The molecular formula is C19H13ClI2N2O3. The second kappa shape index (κ2) is 9.56. The number of nitrogens with one attached hydrogen (secondary N) is 1. The fourth-order valence-electron chi connectivity index (χ4n) is 2.16. The van der Waals surface area contributed by atoms with Gasteiger partial charge >= 0.3 is 5.91 Å². The quantitative estimate of drug-likeness (QED) is 0.230. The predicted molar refractivity (Wildman–Crippen MR) is 121 cm³/mol. The number of hydrazone groups is 1. The molecule has 3 rings (SSSR count). The Morgan fingerprint density at radius 3 is 2.52 bits per heavy atom. The summed E-state index contributed by atoms with van der Waals surface area (Å²) in [6.45, 7) is 0.454. The van der Waals surface area contributed by atoms with Crippen LogP contribution in [0.1, 0.15) is 21.7 Å². The smallest absolute Gasteiger partial charge is 0.307 e. The maximum Gasteiger partial charge on any atom is 0.307 e. The fraction of sp³-hybridized carbons (Fsp3) is 0.0526. The Bertz CT molecular complexity index is 935. The molecule has 1 N–H and O–H groups in total. The summed E-state index contributed by atoms with van der Waals surface area (Å²) in [6, 6.07) is 14.6. The summed E-state index contributed by atoms with van der Waals surface area (Å²) < 4.78 is 12.9. The van der Waals surface area contributed by atoms with Crippen LogP contribution in [0.15, 0.2) is 64.3 Å². The van der Waals surface area contributed by atoms with E-state index >= 15 is 0 Å². The van der Waals surface area contributed by atoms with Gasteiger partial charge in [0.05, 0.1) is 19.6 Å². The standard InChI is InChI=1S/C19H13ClI2N2O3/c20-14-5-3-12(4-6-14)11-27-18-15(21)8-13(9-16(18)22)10-23-24-19(25)17-2-1-7-26-17/h1-10H,11H2,(H,24,25)/b23-10+. The van der Waals surface area contributed by atoms with Gasteiger partial charge in [0.25, 0.3) is 0 Å². The summed E-state index contributed by atoms with van der Waals surface area (Å²) in [6.07, 6.45) is 3.01. The fourth-order valence-corrected chi connectivity index (χ4v) is 4.41. The normalized spacial score (nSPS) is 10.9. The van der Waals surface area contributed by atoms with Crippen LogP contribution in [0.25, 0.3) is 0 Å². The summed E-state index contributed by atoms with van der Waals surface area (Å²) in [5.41, 5.74) is 4.32. The van der Waals surface area contributed by atoms with Gasteiger partial charge in [-0.25, -0.2) is 5.43 Å². The van der Waals surface area contributed by atoms with Crippen LogP contribution in [0.4, 0.5) is 0 Å². The van der Waals surface area contributed by atoms with Crippen molar-refractivity contribution in [2.45, 2.75) is 6.61 Å². The highest BCUT2D eigenvalue weighted by molar-refractivity contribution is 14.1. The highest BCUT2D eigenvalue weighted by Crippen LogP contribution is 2.29. The highest BCUT2D eigenvalue weighted by atomic mass is 127. The van der Waals surface area contributed by atoms with E-state index in [1.807, 2.05) is 36.4 Å². The summed E-state index contributed by atoms with van der Waals surface area (Å²) in [4.78, 5) is 11.8. The number of hydrogen-bond donors (Lipinski definition) is 1. The Balaban J connectivity index is 1.64. The average molecular weight is 607 g/mol. The molecule has 1 amide bonds. The molecule has 8 heteroatoms. The van der Waals surface area contributed by atoms with Crippen molar-refractivity contribution in [2.75, 3.05) is 0 Å². The minimum absolute atomic E-state index is 0.210. The number of rotatable bonds is 6.